The lowest BCUT2D eigenvalue weighted by Crippen LogP contribution is -2.55. The molecular formula is C23H35NO. The van der Waals surface area contributed by atoms with Crippen molar-refractivity contribution in [2.24, 2.45) is 46.3 Å². The molecule has 0 aromatic rings. The third-order valence-electron chi connectivity index (χ3n) is 10.2. The van der Waals surface area contributed by atoms with Crippen LogP contribution in [0.2, 0.25) is 0 Å². The summed E-state index contributed by atoms with van der Waals surface area (Å²) in [5.41, 5.74) is 1.03. The van der Waals surface area contributed by atoms with E-state index in [9.17, 15) is 10.4 Å². The van der Waals surface area contributed by atoms with E-state index in [-0.39, 0.29) is 6.10 Å². The first kappa shape index (κ1) is 16.6. The molecule has 0 amide bonds. The first-order valence-corrected chi connectivity index (χ1v) is 11.1. The molecule has 0 bridgehead atoms. The van der Waals surface area contributed by atoms with Gasteiger partial charge in [-0.1, -0.05) is 6.92 Å². The minimum atomic E-state index is -0.0323. The SMILES string of the molecule is C[C@]12CC[C@@H](O)C[C@@H]1CC[C@H]1[C@@H]3CC[C@@H]4CCC(C#N)CC43CC[C@@H]12. The number of nitriles is 1. The van der Waals surface area contributed by atoms with Crippen molar-refractivity contribution in [2.75, 3.05) is 0 Å². The lowest BCUT2D eigenvalue weighted by molar-refractivity contribution is -0.138. The molecule has 1 spiro atoms. The van der Waals surface area contributed by atoms with Crippen molar-refractivity contribution in [1.82, 2.24) is 0 Å². The second-order valence-corrected chi connectivity index (χ2v) is 10.7. The normalized spacial score (nSPS) is 57.6. The molecule has 1 N–H and O–H groups in total. The highest BCUT2D eigenvalue weighted by Gasteiger charge is 2.62. The molecule has 5 saturated carbocycles. The van der Waals surface area contributed by atoms with Gasteiger partial charge in [-0.25, -0.2) is 0 Å². The van der Waals surface area contributed by atoms with Crippen molar-refractivity contribution < 1.29 is 5.11 Å². The van der Waals surface area contributed by atoms with Crippen LogP contribution in [0.1, 0.15) is 84.0 Å². The number of nitrogens with zero attached hydrogens (tertiary/aromatic N) is 1. The number of hydrogen-bond donors (Lipinski definition) is 1. The van der Waals surface area contributed by atoms with Crippen LogP contribution in [0.15, 0.2) is 0 Å². The summed E-state index contributed by atoms with van der Waals surface area (Å²) in [5, 5.41) is 19.8. The number of aliphatic hydroxyl groups excluding tert-OH is 1. The first-order chi connectivity index (χ1) is 12.1. The van der Waals surface area contributed by atoms with Crippen LogP contribution in [0.25, 0.3) is 0 Å². The summed E-state index contributed by atoms with van der Waals surface area (Å²) in [7, 11) is 0. The molecule has 9 atom stereocenters. The van der Waals surface area contributed by atoms with E-state index in [1.807, 2.05) is 0 Å². The zero-order valence-electron chi connectivity index (χ0n) is 15.9. The van der Waals surface area contributed by atoms with E-state index in [1.165, 1.54) is 64.2 Å². The van der Waals surface area contributed by atoms with Crippen molar-refractivity contribution in [1.29, 1.82) is 5.26 Å². The van der Waals surface area contributed by atoms with Crippen molar-refractivity contribution in [3.05, 3.63) is 0 Å². The Kier molecular flexibility index (Phi) is 3.80. The Balaban J connectivity index is 1.44. The monoisotopic (exact) mass is 341 g/mol. The van der Waals surface area contributed by atoms with Crippen LogP contribution in [0.5, 0.6) is 0 Å². The maximum atomic E-state index is 10.2. The van der Waals surface area contributed by atoms with Gasteiger partial charge in [-0.15, -0.1) is 0 Å². The van der Waals surface area contributed by atoms with Crippen LogP contribution in [0.3, 0.4) is 0 Å². The summed E-state index contributed by atoms with van der Waals surface area (Å²) >= 11 is 0. The summed E-state index contributed by atoms with van der Waals surface area (Å²) in [4.78, 5) is 0. The van der Waals surface area contributed by atoms with Gasteiger partial charge in [0, 0.05) is 5.92 Å². The molecule has 25 heavy (non-hydrogen) atoms. The van der Waals surface area contributed by atoms with Crippen molar-refractivity contribution >= 4 is 0 Å². The molecule has 2 heteroatoms. The summed E-state index contributed by atoms with van der Waals surface area (Å²) < 4.78 is 0. The van der Waals surface area contributed by atoms with Crippen molar-refractivity contribution in [3.63, 3.8) is 0 Å². The molecule has 0 radical (unpaired) electrons. The maximum Gasteiger partial charge on any atom is 0.0656 e. The van der Waals surface area contributed by atoms with E-state index in [0.717, 1.165) is 42.4 Å². The number of rotatable bonds is 0. The fraction of sp³-hybridized carbons (Fsp3) is 0.957. The number of aliphatic hydroxyl groups is 1. The zero-order valence-corrected chi connectivity index (χ0v) is 15.9. The smallest absolute Gasteiger partial charge is 0.0656 e. The second kappa shape index (κ2) is 5.72. The largest absolute Gasteiger partial charge is 0.393 e. The van der Waals surface area contributed by atoms with Crippen LogP contribution in [-0.4, -0.2) is 11.2 Å². The maximum absolute atomic E-state index is 10.2. The highest BCUT2D eigenvalue weighted by Crippen LogP contribution is 2.70. The van der Waals surface area contributed by atoms with Gasteiger partial charge in [0.15, 0.2) is 0 Å². The molecule has 0 saturated heterocycles. The van der Waals surface area contributed by atoms with Gasteiger partial charge in [-0.3, -0.25) is 0 Å². The third-order valence-corrected chi connectivity index (χ3v) is 10.2. The molecule has 5 aliphatic rings. The predicted molar refractivity (Wildman–Crippen MR) is 98.5 cm³/mol. The molecule has 0 aromatic heterocycles. The molecule has 0 heterocycles. The van der Waals surface area contributed by atoms with Gasteiger partial charge >= 0.3 is 0 Å². The van der Waals surface area contributed by atoms with E-state index in [4.69, 9.17) is 0 Å². The quantitative estimate of drug-likeness (QED) is 0.649. The summed E-state index contributed by atoms with van der Waals surface area (Å²) in [6.07, 6.45) is 15.5. The lowest BCUT2D eigenvalue weighted by Gasteiger charge is -2.62. The highest BCUT2D eigenvalue weighted by molar-refractivity contribution is 5.13. The molecule has 2 nitrogen and oxygen atoms in total. The predicted octanol–water partition coefficient (Wildman–Crippen LogP) is 5.31. The Labute approximate surface area is 153 Å². The van der Waals surface area contributed by atoms with E-state index >= 15 is 0 Å². The Morgan fingerprint density at radius 1 is 0.880 bits per heavy atom. The van der Waals surface area contributed by atoms with E-state index in [2.05, 4.69) is 13.0 Å². The van der Waals surface area contributed by atoms with Gasteiger partial charge < -0.3 is 5.11 Å². The fourth-order valence-electron chi connectivity index (χ4n) is 9.08. The molecule has 138 valence electrons. The standard InChI is InChI=1S/C23H35NO/c1-22-10-8-18(25)12-17(22)4-6-19-20(22)9-11-23-13-15(14-24)2-3-16(23)5-7-21(19)23/h15-21,25H,2-13H2,1H3/t15?,16-,17-,18+,19+,20-,21-,22-,23?/m0/s1. The average Bonchev–Trinajstić information content (AvgIpc) is 3.01. The minimum Gasteiger partial charge on any atom is -0.393 e. The zero-order chi connectivity index (χ0) is 17.2. The average molecular weight is 342 g/mol. The lowest BCUT2D eigenvalue weighted by atomic mass is 9.43. The highest BCUT2D eigenvalue weighted by atomic mass is 16.3. The van der Waals surface area contributed by atoms with Gasteiger partial charge in [0.25, 0.3) is 0 Å². The summed E-state index contributed by atoms with van der Waals surface area (Å²) in [5.74, 6) is 4.77. The topological polar surface area (TPSA) is 44.0 Å². The molecule has 2 unspecified atom stereocenters. The summed E-state index contributed by atoms with van der Waals surface area (Å²) in [6, 6.07) is 2.65. The minimum absolute atomic E-state index is 0.0323. The Hall–Kier alpha value is -0.550. The van der Waals surface area contributed by atoms with Crippen LogP contribution in [-0.2, 0) is 0 Å². The molecular weight excluding hydrogens is 306 g/mol. The molecule has 5 fully saturated rings. The van der Waals surface area contributed by atoms with Crippen LogP contribution < -0.4 is 0 Å². The Bertz CT molecular complexity index is 581. The van der Waals surface area contributed by atoms with Crippen LogP contribution in [0, 0.1) is 57.7 Å². The first-order valence-electron chi connectivity index (χ1n) is 11.1. The Morgan fingerprint density at radius 2 is 1.68 bits per heavy atom. The van der Waals surface area contributed by atoms with Crippen molar-refractivity contribution in [3.8, 4) is 6.07 Å². The van der Waals surface area contributed by atoms with Gasteiger partial charge in [-0.05, 0) is 117 Å². The van der Waals surface area contributed by atoms with Gasteiger partial charge in [-0.2, -0.15) is 5.26 Å². The summed E-state index contributed by atoms with van der Waals surface area (Å²) in [6.45, 7) is 2.59. The molecule has 5 aliphatic carbocycles. The van der Waals surface area contributed by atoms with Crippen LogP contribution >= 0.6 is 0 Å². The Morgan fingerprint density at radius 3 is 2.52 bits per heavy atom. The van der Waals surface area contributed by atoms with E-state index in [0.29, 0.717) is 16.7 Å². The van der Waals surface area contributed by atoms with E-state index < -0.39 is 0 Å². The van der Waals surface area contributed by atoms with E-state index in [1.54, 1.807) is 0 Å². The van der Waals surface area contributed by atoms with Gasteiger partial charge in [0.2, 0.25) is 0 Å². The molecule has 0 aliphatic heterocycles. The molecule has 5 rings (SSSR count). The van der Waals surface area contributed by atoms with Gasteiger partial charge in [0.1, 0.15) is 0 Å². The second-order valence-electron chi connectivity index (χ2n) is 10.7. The number of fused-ring (bicyclic) bond motifs is 4. The van der Waals surface area contributed by atoms with Crippen LogP contribution in [0.4, 0.5) is 0 Å². The molecule has 0 aromatic carbocycles. The van der Waals surface area contributed by atoms with Gasteiger partial charge in [0.05, 0.1) is 12.2 Å². The third kappa shape index (κ3) is 2.24. The number of hydrogen-bond acceptors (Lipinski definition) is 2. The van der Waals surface area contributed by atoms with Crippen molar-refractivity contribution in [2.45, 2.75) is 90.1 Å². The fourth-order valence-corrected chi connectivity index (χ4v) is 9.08.